The van der Waals surface area contributed by atoms with Crippen molar-refractivity contribution in [3.63, 3.8) is 0 Å². The summed E-state index contributed by atoms with van der Waals surface area (Å²) in [7, 11) is 0. The lowest BCUT2D eigenvalue weighted by atomic mass is 10.1. The predicted molar refractivity (Wildman–Crippen MR) is 124 cm³/mol. The van der Waals surface area contributed by atoms with Gasteiger partial charge in [-0.1, -0.05) is 64.6 Å². The van der Waals surface area contributed by atoms with Crippen LogP contribution in [0.4, 0.5) is 0 Å². The summed E-state index contributed by atoms with van der Waals surface area (Å²) in [6.07, 6.45) is 0. The molecular formula is C24H15Cl3O4. The van der Waals surface area contributed by atoms with Gasteiger partial charge < -0.3 is 9.15 Å². The molecule has 7 heteroatoms. The fourth-order valence-electron chi connectivity index (χ4n) is 3.11. The van der Waals surface area contributed by atoms with Crippen LogP contribution in [0, 0.1) is 6.92 Å². The minimum atomic E-state index is -0.422. The number of ketones is 1. The molecule has 0 saturated carbocycles. The Hall–Kier alpha value is -2.79. The molecule has 0 spiro atoms. The summed E-state index contributed by atoms with van der Waals surface area (Å²) in [6, 6.07) is 16.7. The van der Waals surface area contributed by atoms with Crippen molar-refractivity contribution in [1.82, 2.24) is 0 Å². The summed E-state index contributed by atoms with van der Waals surface area (Å²) in [4.78, 5) is 25.9. The summed E-state index contributed by atoms with van der Waals surface area (Å²) < 4.78 is 11.7. The third-order valence-electron chi connectivity index (χ3n) is 4.70. The molecular weight excluding hydrogens is 459 g/mol. The Balaban J connectivity index is 1.78. The molecule has 0 fully saturated rings. The maximum Gasteiger partial charge on any atom is 0.235 e. The minimum absolute atomic E-state index is 0.0722. The molecule has 4 aromatic rings. The Bertz CT molecular complexity index is 1360. The van der Waals surface area contributed by atoms with Gasteiger partial charge in [-0.05, 0) is 43.3 Å². The highest BCUT2D eigenvalue weighted by molar-refractivity contribution is 6.36. The van der Waals surface area contributed by atoms with E-state index in [-0.39, 0.29) is 27.5 Å². The molecule has 0 unspecified atom stereocenters. The molecule has 0 aliphatic heterocycles. The number of benzene rings is 3. The first-order chi connectivity index (χ1) is 14.8. The normalized spacial score (nSPS) is 11.0. The zero-order chi connectivity index (χ0) is 22.1. The lowest BCUT2D eigenvalue weighted by Gasteiger charge is -2.12. The number of carbonyl (C=O) groups is 1. The van der Waals surface area contributed by atoms with Crippen molar-refractivity contribution in [2.24, 2.45) is 0 Å². The second kappa shape index (κ2) is 8.75. The summed E-state index contributed by atoms with van der Waals surface area (Å²) in [5.41, 5.74) is 1.88. The molecule has 4 nitrogen and oxygen atoms in total. The van der Waals surface area contributed by atoms with Crippen molar-refractivity contribution < 1.29 is 13.9 Å². The van der Waals surface area contributed by atoms with E-state index >= 15 is 0 Å². The van der Waals surface area contributed by atoms with Crippen molar-refractivity contribution in [2.75, 3.05) is 6.61 Å². The van der Waals surface area contributed by atoms with Crippen LogP contribution in [0.25, 0.3) is 22.3 Å². The van der Waals surface area contributed by atoms with Crippen molar-refractivity contribution >= 4 is 51.6 Å². The molecule has 1 heterocycles. The van der Waals surface area contributed by atoms with Crippen LogP contribution in [0.3, 0.4) is 0 Å². The number of ether oxygens (including phenoxy) is 1. The molecule has 0 bridgehead atoms. The van der Waals surface area contributed by atoms with Crippen LogP contribution in [-0.2, 0) is 0 Å². The van der Waals surface area contributed by atoms with Gasteiger partial charge in [-0.25, -0.2) is 0 Å². The van der Waals surface area contributed by atoms with E-state index in [2.05, 4.69) is 0 Å². The Kier molecular flexibility index (Phi) is 6.05. The van der Waals surface area contributed by atoms with Gasteiger partial charge >= 0.3 is 0 Å². The fraction of sp³-hybridized carbons (Fsp3) is 0.0833. The number of hydrogen-bond donors (Lipinski definition) is 0. The molecule has 0 atom stereocenters. The molecule has 31 heavy (non-hydrogen) atoms. The maximum absolute atomic E-state index is 13.2. The van der Waals surface area contributed by atoms with Crippen LogP contribution >= 0.6 is 34.8 Å². The standard InChI is InChI=1S/C24H15Cl3O4/c1-13-2-4-14(5-3-13)23-24(22(29)18-10-15(25)7-9-21(18)31-23)30-12-20(28)17-8-6-16(26)11-19(17)27/h2-11H,12H2,1H3. The van der Waals surface area contributed by atoms with E-state index in [4.69, 9.17) is 44.0 Å². The predicted octanol–water partition coefficient (Wildman–Crippen LogP) is 6.99. The van der Waals surface area contributed by atoms with Gasteiger partial charge in [0.1, 0.15) is 5.58 Å². The largest absolute Gasteiger partial charge is 0.478 e. The van der Waals surface area contributed by atoms with E-state index in [1.54, 1.807) is 18.2 Å². The van der Waals surface area contributed by atoms with E-state index in [9.17, 15) is 9.59 Å². The monoisotopic (exact) mass is 472 g/mol. The number of Topliss-reactive ketones (excluding diaryl/α,β-unsaturated/α-hetero) is 1. The smallest absolute Gasteiger partial charge is 0.235 e. The lowest BCUT2D eigenvalue weighted by molar-refractivity contribution is 0.0920. The van der Waals surface area contributed by atoms with Crippen LogP contribution in [0.5, 0.6) is 5.75 Å². The SMILES string of the molecule is Cc1ccc(-c2oc3ccc(Cl)cc3c(=O)c2OCC(=O)c2ccc(Cl)cc2Cl)cc1. The molecule has 0 aliphatic rings. The van der Waals surface area contributed by atoms with Crippen LogP contribution in [0.1, 0.15) is 15.9 Å². The van der Waals surface area contributed by atoms with E-state index in [0.717, 1.165) is 5.56 Å². The molecule has 0 saturated heterocycles. The highest BCUT2D eigenvalue weighted by Crippen LogP contribution is 2.32. The number of carbonyl (C=O) groups excluding carboxylic acids is 1. The second-order valence-corrected chi connectivity index (χ2v) is 8.21. The van der Waals surface area contributed by atoms with E-state index < -0.39 is 17.8 Å². The van der Waals surface area contributed by atoms with E-state index in [0.29, 0.717) is 21.2 Å². The Labute approximate surface area is 192 Å². The van der Waals surface area contributed by atoms with Crippen LogP contribution in [0.2, 0.25) is 15.1 Å². The zero-order valence-electron chi connectivity index (χ0n) is 16.2. The quantitative estimate of drug-likeness (QED) is 0.293. The van der Waals surface area contributed by atoms with Crippen molar-refractivity contribution in [3.05, 3.63) is 97.1 Å². The van der Waals surface area contributed by atoms with Crippen LogP contribution in [-0.4, -0.2) is 12.4 Å². The average molecular weight is 474 g/mol. The molecule has 1 aromatic heterocycles. The first-order valence-electron chi connectivity index (χ1n) is 9.28. The molecule has 0 N–H and O–H groups in total. The Morgan fingerprint density at radius 1 is 0.935 bits per heavy atom. The van der Waals surface area contributed by atoms with Gasteiger partial charge in [0.05, 0.1) is 10.4 Å². The summed E-state index contributed by atoms with van der Waals surface area (Å²) in [6.45, 7) is 1.55. The van der Waals surface area contributed by atoms with Crippen LogP contribution in [0.15, 0.2) is 69.9 Å². The topological polar surface area (TPSA) is 56.5 Å². The van der Waals surface area contributed by atoms with E-state index in [1.807, 2.05) is 31.2 Å². The van der Waals surface area contributed by atoms with Crippen molar-refractivity contribution in [1.29, 1.82) is 0 Å². The fourth-order valence-corrected chi connectivity index (χ4v) is 3.79. The first-order valence-corrected chi connectivity index (χ1v) is 10.4. The number of halogens is 3. The highest BCUT2D eigenvalue weighted by Gasteiger charge is 2.20. The summed E-state index contributed by atoms with van der Waals surface area (Å²) in [5.74, 6) is -0.242. The molecule has 156 valence electrons. The third kappa shape index (κ3) is 4.47. The summed E-state index contributed by atoms with van der Waals surface area (Å²) >= 11 is 18.1. The second-order valence-electron chi connectivity index (χ2n) is 6.93. The van der Waals surface area contributed by atoms with Gasteiger partial charge in [-0.3, -0.25) is 9.59 Å². The van der Waals surface area contributed by atoms with Crippen molar-refractivity contribution in [3.8, 4) is 17.1 Å². The number of hydrogen-bond acceptors (Lipinski definition) is 4. The third-order valence-corrected chi connectivity index (χ3v) is 5.49. The van der Waals surface area contributed by atoms with Gasteiger partial charge in [0.25, 0.3) is 0 Å². The Morgan fingerprint density at radius 2 is 1.61 bits per heavy atom. The first kappa shape index (κ1) is 21.4. The van der Waals surface area contributed by atoms with Gasteiger partial charge in [-0.2, -0.15) is 0 Å². The van der Waals surface area contributed by atoms with Crippen LogP contribution < -0.4 is 10.2 Å². The van der Waals surface area contributed by atoms with Gasteiger partial charge in [0, 0.05) is 21.2 Å². The average Bonchev–Trinajstić information content (AvgIpc) is 2.74. The van der Waals surface area contributed by atoms with Gasteiger partial charge in [-0.15, -0.1) is 0 Å². The zero-order valence-corrected chi connectivity index (χ0v) is 18.5. The molecule has 0 radical (unpaired) electrons. The summed E-state index contributed by atoms with van der Waals surface area (Å²) in [5, 5.41) is 1.27. The van der Waals surface area contributed by atoms with E-state index in [1.165, 1.54) is 18.2 Å². The molecule has 0 aliphatic carbocycles. The number of aryl methyl sites for hydroxylation is 1. The molecule has 3 aromatic carbocycles. The Morgan fingerprint density at radius 3 is 2.32 bits per heavy atom. The molecule has 4 rings (SSSR count). The highest BCUT2D eigenvalue weighted by atomic mass is 35.5. The minimum Gasteiger partial charge on any atom is -0.478 e. The number of rotatable bonds is 5. The van der Waals surface area contributed by atoms with Crippen molar-refractivity contribution in [2.45, 2.75) is 6.92 Å². The molecule has 0 amide bonds. The van der Waals surface area contributed by atoms with Gasteiger partial charge in [0.15, 0.2) is 12.4 Å². The van der Waals surface area contributed by atoms with Gasteiger partial charge in [0.2, 0.25) is 17.0 Å². The number of fused-ring (bicyclic) bond motifs is 1. The lowest BCUT2D eigenvalue weighted by Crippen LogP contribution is -2.17. The maximum atomic E-state index is 13.2.